The van der Waals surface area contributed by atoms with Gasteiger partial charge < -0.3 is 34.8 Å². The van der Waals surface area contributed by atoms with Gasteiger partial charge in [-0.1, -0.05) is 84.4 Å². The van der Waals surface area contributed by atoms with Crippen LogP contribution in [0, 0.1) is 41.4 Å². The summed E-state index contributed by atoms with van der Waals surface area (Å²) < 4.78 is 11.9. The van der Waals surface area contributed by atoms with E-state index in [9.17, 15) is 39.6 Å². The zero-order chi connectivity index (χ0) is 46.3. The normalized spacial score (nSPS) is 40.1. The lowest BCUT2D eigenvalue weighted by Crippen LogP contribution is -2.52. The number of amides is 1. The van der Waals surface area contributed by atoms with E-state index >= 15 is 0 Å². The van der Waals surface area contributed by atoms with Crippen molar-refractivity contribution >= 4 is 23.4 Å². The Balaban J connectivity index is 1.94. The first-order valence-electron chi connectivity index (χ1n) is 23.7. The number of aliphatic hydroxyl groups excluding tert-OH is 3. The van der Waals surface area contributed by atoms with Gasteiger partial charge in [-0.15, -0.1) is 0 Å². The second kappa shape index (κ2) is 25.5. The summed E-state index contributed by atoms with van der Waals surface area (Å²) in [6.45, 7) is 17.2. The van der Waals surface area contributed by atoms with Crippen LogP contribution in [0.5, 0.6) is 0 Å². The van der Waals surface area contributed by atoms with E-state index in [1.165, 1.54) is 7.11 Å². The number of ketones is 2. The number of carbonyl (C=O) groups excluding carboxylic acids is 4. The van der Waals surface area contributed by atoms with E-state index in [0.717, 1.165) is 37.7 Å². The lowest BCUT2D eigenvalue weighted by atomic mass is 9.79. The van der Waals surface area contributed by atoms with Crippen molar-refractivity contribution in [1.29, 1.82) is 0 Å². The van der Waals surface area contributed by atoms with Crippen LogP contribution in [-0.2, 0) is 28.7 Å². The minimum atomic E-state index is -1.33. The Morgan fingerprint density at radius 1 is 0.871 bits per heavy atom. The third kappa shape index (κ3) is 16.5. The third-order valence-corrected chi connectivity index (χ3v) is 14.3. The number of hydrogen-bond donors (Lipinski definition) is 4. The molecule has 2 fully saturated rings. The molecule has 4 N–H and O–H groups in total. The van der Waals surface area contributed by atoms with Gasteiger partial charge in [0.1, 0.15) is 30.1 Å². The second-order valence-electron chi connectivity index (χ2n) is 20.0. The Morgan fingerprint density at radius 3 is 2.21 bits per heavy atom. The molecule has 2 aliphatic heterocycles. The van der Waals surface area contributed by atoms with Gasteiger partial charge in [0, 0.05) is 31.9 Å². The fourth-order valence-corrected chi connectivity index (χ4v) is 9.51. The number of methoxy groups -OCH3 is 1. The van der Waals surface area contributed by atoms with Crippen molar-refractivity contribution in [3.63, 3.8) is 0 Å². The SMILES string of the molecule is CO[C@H]1C(=O)[C@H](C)C[C@H](C)/C=C/C=C/C=C(\C)[C@@H](O)C[C@@H](C)CC[C@@H](C)[C@](C)(O)CC(=O)N2CCCCC2C(=O)O[C@H]([C@H](C)C[C@H]2CC[C@H](O)CC2)CC(=O)[C@H](C)/C=C(\C)[C@H]1O. The summed E-state index contributed by atoms with van der Waals surface area (Å²) >= 11 is 0. The summed E-state index contributed by atoms with van der Waals surface area (Å²) in [6.07, 6.45) is 15.2. The molecule has 1 saturated heterocycles. The van der Waals surface area contributed by atoms with Gasteiger partial charge in [-0.2, -0.15) is 0 Å². The van der Waals surface area contributed by atoms with Crippen LogP contribution >= 0.6 is 0 Å². The molecule has 2 heterocycles. The molecule has 0 aromatic rings. The van der Waals surface area contributed by atoms with Crippen molar-refractivity contribution < 1.29 is 49.1 Å². The summed E-state index contributed by atoms with van der Waals surface area (Å²) in [4.78, 5) is 57.4. The zero-order valence-electron chi connectivity index (χ0n) is 39.8. The molecule has 12 atom stereocenters. The Bertz CT molecular complexity index is 1570. The Labute approximate surface area is 373 Å². The maximum absolute atomic E-state index is 14.2. The van der Waals surface area contributed by atoms with Crippen LogP contribution in [0.1, 0.15) is 152 Å². The smallest absolute Gasteiger partial charge is 0.329 e. The molecule has 0 bridgehead atoms. The van der Waals surface area contributed by atoms with E-state index < -0.39 is 53.9 Å². The van der Waals surface area contributed by atoms with Gasteiger partial charge in [-0.05, 0) is 132 Å². The summed E-state index contributed by atoms with van der Waals surface area (Å²) in [5.41, 5.74) is -0.0612. The molecular formula is C51H83NO10. The van der Waals surface area contributed by atoms with Crippen LogP contribution in [0.4, 0.5) is 0 Å². The van der Waals surface area contributed by atoms with Gasteiger partial charge in [-0.3, -0.25) is 14.4 Å². The molecule has 1 saturated carbocycles. The first kappa shape index (κ1) is 53.4. The lowest BCUT2D eigenvalue weighted by Gasteiger charge is -2.38. The maximum atomic E-state index is 14.2. The number of cyclic esters (lactones) is 1. The molecule has 1 aliphatic carbocycles. The standard InChI is InChI=1S/C51H83NO10/c1-32-16-12-11-13-17-34(3)43(54)27-33(2)19-20-39(8)51(9,60)31-46(56)52-25-15-14-18-42(52)50(59)62-45(36(5)29-40-21-23-41(53)24-22-40)30-44(55)35(4)28-38(7)48(58)49(61-10)47(57)37(6)26-32/h11-13,16-17,28,32-33,35-37,39-43,45,48-49,53-54,58,60H,14-15,18-27,29-31H2,1-10H3/b13-11+,16-12+,34-17+,38-28+/t32-,33+,35-,36-,37-,39-,40-,41-,42?,43+,45+,48-,49+,51-/m1/s1. The van der Waals surface area contributed by atoms with Crippen LogP contribution in [0.3, 0.4) is 0 Å². The average Bonchev–Trinajstić information content (AvgIpc) is 3.22. The third-order valence-electron chi connectivity index (χ3n) is 14.3. The number of fused-ring (bicyclic) bond motifs is 1. The monoisotopic (exact) mass is 870 g/mol. The molecule has 3 rings (SSSR count). The Hall–Kier alpha value is -2.96. The highest BCUT2D eigenvalue weighted by atomic mass is 16.5. The number of carbonyl (C=O) groups is 4. The Morgan fingerprint density at radius 2 is 1.55 bits per heavy atom. The van der Waals surface area contributed by atoms with Gasteiger partial charge in [-0.25, -0.2) is 4.79 Å². The van der Waals surface area contributed by atoms with Crippen LogP contribution < -0.4 is 0 Å². The largest absolute Gasteiger partial charge is 0.460 e. The molecule has 11 nitrogen and oxygen atoms in total. The topological polar surface area (TPSA) is 171 Å². The molecule has 0 aromatic heterocycles. The van der Waals surface area contributed by atoms with Crippen LogP contribution in [0.15, 0.2) is 47.6 Å². The van der Waals surface area contributed by atoms with Crippen LogP contribution in [0.2, 0.25) is 0 Å². The molecule has 0 aromatic carbocycles. The number of allylic oxidation sites excluding steroid dienone is 6. The number of ether oxygens (including phenoxy) is 2. The number of rotatable bonds is 4. The molecule has 1 unspecified atom stereocenters. The van der Waals surface area contributed by atoms with E-state index in [1.54, 1.807) is 31.7 Å². The minimum Gasteiger partial charge on any atom is -0.460 e. The maximum Gasteiger partial charge on any atom is 0.329 e. The van der Waals surface area contributed by atoms with Crippen molar-refractivity contribution in [2.75, 3.05) is 13.7 Å². The number of hydrogen-bond acceptors (Lipinski definition) is 10. The highest BCUT2D eigenvalue weighted by molar-refractivity contribution is 5.87. The first-order chi connectivity index (χ1) is 29.1. The number of Topliss-reactive ketones (excluding diaryl/α,β-unsaturated/α-hetero) is 2. The van der Waals surface area contributed by atoms with Gasteiger partial charge in [0.25, 0.3) is 0 Å². The summed E-state index contributed by atoms with van der Waals surface area (Å²) in [6, 6.07) is -0.839. The molecule has 62 heavy (non-hydrogen) atoms. The predicted octanol–water partition coefficient (Wildman–Crippen LogP) is 8.02. The molecule has 3 aliphatic rings. The highest BCUT2D eigenvalue weighted by Crippen LogP contribution is 2.34. The van der Waals surface area contributed by atoms with E-state index in [1.807, 2.05) is 65.0 Å². The van der Waals surface area contributed by atoms with Crippen molar-refractivity contribution in [3.8, 4) is 0 Å². The predicted molar refractivity (Wildman–Crippen MR) is 244 cm³/mol. The highest BCUT2D eigenvalue weighted by Gasteiger charge is 2.40. The van der Waals surface area contributed by atoms with Gasteiger partial charge >= 0.3 is 5.97 Å². The molecule has 352 valence electrons. The van der Waals surface area contributed by atoms with E-state index in [0.29, 0.717) is 63.0 Å². The van der Waals surface area contributed by atoms with E-state index in [-0.39, 0.29) is 60.1 Å². The van der Waals surface area contributed by atoms with Crippen molar-refractivity contribution in [1.82, 2.24) is 4.90 Å². The number of nitrogens with zero attached hydrogens (tertiary/aromatic N) is 1. The van der Waals surface area contributed by atoms with Crippen molar-refractivity contribution in [2.45, 2.75) is 194 Å². The minimum absolute atomic E-state index is 0.0558. The number of esters is 1. The summed E-state index contributed by atoms with van der Waals surface area (Å²) in [5, 5.41) is 44.2. The summed E-state index contributed by atoms with van der Waals surface area (Å²) in [5.74, 6) is -2.24. The quantitative estimate of drug-likeness (QED) is 0.160. The molecule has 11 heteroatoms. The van der Waals surface area contributed by atoms with E-state index in [4.69, 9.17) is 9.47 Å². The van der Waals surface area contributed by atoms with Gasteiger partial charge in [0.05, 0.1) is 24.2 Å². The lowest BCUT2D eigenvalue weighted by molar-refractivity contribution is -0.166. The number of piperidine rings is 1. The summed E-state index contributed by atoms with van der Waals surface area (Å²) in [7, 11) is 1.40. The molecule has 1 amide bonds. The fraction of sp³-hybridized carbons (Fsp3) is 0.765. The second-order valence-corrected chi connectivity index (χ2v) is 20.0. The van der Waals surface area contributed by atoms with Gasteiger partial charge in [0.15, 0.2) is 5.78 Å². The van der Waals surface area contributed by atoms with Crippen molar-refractivity contribution in [3.05, 3.63) is 47.6 Å². The fourth-order valence-electron chi connectivity index (χ4n) is 9.51. The van der Waals surface area contributed by atoms with E-state index in [2.05, 4.69) is 6.92 Å². The van der Waals surface area contributed by atoms with Crippen LogP contribution in [-0.4, -0.2) is 105 Å². The first-order valence-corrected chi connectivity index (χ1v) is 23.7. The Kier molecular flexibility index (Phi) is 22.0. The zero-order valence-corrected chi connectivity index (χ0v) is 39.8. The molecule has 0 radical (unpaired) electrons. The van der Waals surface area contributed by atoms with Gasteiger partial charge in [0.2, 0.25) is 5.91 Å². The van der Waals surface area contributed by atoms with Crippen molar-refractivity contribution in [2.24, 2.45) is 41.4 Å². The average molecular weight is 870 g/mol. The number of aliphatic hydroxyl groups is 4. The molecular weight excluding hydrogens is 787 g/mol. The molecule has 0 spiro atoms. The van der Waals surface area contributed by atoms with Crippen LogP contribution in [0.25, 0.3) is 0 Å².